The molecule has 0 aliphatic heterocycles. The molecule has 3 aromatic rings. The highest BCUT2D eigenvalue weighted by atomic mass is 16.1. The van der Waals surface area contributed by atoms with Crippen molar-refractivity contribution in [3.8, 4) is 22.4 Å². The minimum absolute atomic E-state index is 0.221. The van der Waals surface area contributed by atoms with Crippen LogP contribution < -0.4 is 11.4 Å². The maximum Gasteiger partial charge on any atom is 0.323 e. The van der Waals surface area contributed by atoms with Crippen LogP contribution in [0.25, 0.3) is 22.4 Å². The normalized spacial score (nSPS) is 10.8. The number of hydrogen-bond donors (Lipinski definition) is 3. The number of aromatic amines is 2. The highest BCUT2D eigenvalue weighted by molar-refractivity contribution is 5.77. The predicted octanol–water partition coefficient (Wildman–Crippen LogP) is 1.35. The molecule has 0 fully saturated rings. The first-order valence-electron chi connectivity index (χ1n) is 5.81. The lowest BCUT2D eigenvalue weighted by Gasteiger charge is -2.03. The van der Waals surface area contributed by atoms with Crippen LogP contribution in [-0.4, -0.2) is 19.7 Å². The Morgan fingerprint density at radius 1 is 1.32 bits per heavy atom. The van der Waals surface area contributed by atoms with Crippen LogP contribution in [0.2, 0.25) is 0 Å². The molecule has 2 aromatic heterocycles. The first-order valence-corrected chi connectivity index (χ1v) is 5.81. The van der Waals surface area contributed by atoms with Crippen molar-refractivity contribution >= 4 is 5.82 Å². The summed E-state index contributed by atoms with van der Waals surface area (Å²) in [6.07, 6.45) is 3.38. The topological polar surface area (TPSA) is 92.5 Å². The molecule has 0 bridgehead atoms. The molecule has 0 aliphatic carbocycles. The van der Waals surface area contributed by atoms with E-state index in [9.17, 15) is 4.79 Å². The minimum Gasteiger partial charge on any atom is -0.383 e. The molecule has 0 aliphatic rings. The van der Waals surface area contributed by atoms with Crippen molar-refractivity contribution in [3.05, 3.63) is 47.1 Å². The number of H-pyrrole nitrogens is 2. The molecule has 2 heterocycles. The first-order chi connectivity index (χ1) is 9.15. The second-order valence-corrected chi connectivity index (χ2v) is 4.30. The summed E-state index contributed by atoms with van der Waals surface area (Å²) < 4.78 is 1.63. The Bertz CT molecular complexity index is 780. The van der Waals surface area contributed by atoms with Crippen molar-refractivity contribution in [2.24, 2.45) is 7.05 Å². The third kappa shape index (κ3) is 1.93. The molecule has 1 aromatic carbocycles. The standard InChI is InChI=1S/C13H13N5O/c1-18-12(14)10(6-16-18)8-3-2-4-9(5-8)11-7-15-13(19)17-11/h2-7H,14H2,1H3,(H2,15,17,19). The lowest BCUT2D eigenvalue weighted by molar-refractivity contribution is 0.779. The largest absolute Gasteiger partial charge is 0.383 e. The maximum atomic E-state index is 11.1. The van der Waals surface area contributed by atoms with Crippen molar-refractivity contribution in [1.82, 2.24) is 19.7 Å². The fourth-order valence-electron chi connectivity index (χ4n) is 2.01. The van der Waals surface area contributed by atoms with Crippen LogP contribution in [0.1, 0.15) is 0 Å². The van der Waals surface area contributed by atoms with Crippen LogP contribution in [0.4, 0.5) is 5.82 Å². The Morgan fingerprint density at radius 3 is 2.74 bits per heavy atom. The van der Waals surface area contributed by atoms with Gasteiger partial charge in [-0.25, -0.2) is 4.79 Å². The third-order valence-corrected chi connectivity index (χ3v) is 3.07. The zero-order valence-electron chi connectivity index (χ0n) is 10.3. The molecular weight excluding hydrogens is 242 g/mol. The number of nitrogens with zero attached hydrogens (tertiary/aromatic N) is 2. The molecular formula is C13H13N5O. The molecule has 0 saturated carbocycles. The van der Waals surface area contributed by atoms with E-state index in [0.717, 1.165) is 22.4 Å². The first kappa shape index (κ1) is 11.3. The Morgan fingerprint density at radius 2 is 2.11 bits per heavy atom. The van der Waals surface area contributed by atoms with Crippen molar-refractivity contribution in [3.63, 3.8) is 0 Å². The molecule has 6 heteroatoms. The lowest BCUT2D eigenvalue weighted by atomic mass is 10.0. The average Bonchev–Trinajstić information content (AvgIpc) is 2.98. The summed E-state index contributed by atoms with van der Waals surface area (Å²) in [6, 6.07) is 7.77. The molecule has 0 spiro atoms. The Balaban J connectivity index is 2.10. The molecule has 0 saturated heterocycles. The summed E-state index contributed by atoms with van der Waals surface area (Å²) in [6.45, 7) is 0. The zero-order valence-corrected chi connectivity index (χ0v) is 10.3. The summed E-state index contributed by atoms with van der Waals surface area (Å²) in [7, 11) is 1.80. The van der Waals surface area contributed by atoms with E-state index in [0.29, 0.717) is 5.82 Å². The van der Waals surface area contributed by atoms with Gasteiger partial charge >= 0.3 is 5.69 Å². The van der Waals surface area contributed by atoms with E-state index in [-0.39, 0.29) is 5.69 Å². The fraction of sp³-hybridized carbons (Fsp3) is 0.0769. The van der Waals surface area contributed by atoms with Gasteiger partial charge in [0.15, 0.2) is 0 Å². The van der Waals surface area contributed by atoms with Crippen molar-refractivity contribution < 1.29 is 0 Å². The Labute approximate surface area is 108 Å². The number of anilines is 1. The van der Waals surface area contributed by atoms with E-state index in [4.69, 9.17) is 5.73 Å². The van der Waals surface area contributed by atoms with Crippen LogP contribution in [-0.2, 0) is 7.05 Å². The number of nitrogen functional groups attached to an aromatic ring is 1. The molecule has 0 radical (unpaired) electrons. The summed E-state index contributed by atoms with van der Waals surface area (Å²) in [5.74, 6) is 0.611. The van der Waals surface area contributed by atoms with E-state index in [1.807, 2.05) is 24.3 Å². The predicted molar refractivity (Wildman–Crippen MR) is 73.5 cm³/mol. The van der Waals surface area contributed by atoms with Crippen molar-refractivity contribution in [2.75, 3.05) is 5.73 Å². The highest BCUT2D eigenvalue weighted by Crippen LogP contribution is 2.28. The van der Waals surface area contributed by atoms with E-state index in [2.05, 4.69) is 15.1 Å². The molecule has 0 atom stereocenters. The van der Waals surface area contributed by atoms with Gasteiger partial charge in [0.1, 0.15) is 5.82 Å². The number of aromatic nitrogens is 4. The SMILES string of the molecule is Cn1ncc(-c2cccc(-c3c[nH]c(=O)[nH]3)c2)c1N. The maximum absolute atomic E-state index is 11.1. The van der Waals surface area contributed by atoms with Gasteiger partial charge in [-0.3, -0.25) is 4.68 Å². The summed E-state index contributed by atoms with van der Waals surface area (Å²) in [5, 5.41) is 4.13. The van der Waals surface area contributed by atoms with Crippen LogP contribution in [0.3, 0.4) is 0 Å². The number of benzene rings is 1. The summed E-state index contributed by atoms with van der Waals surface area (Å²) in [5.41, 5.74) is 9.24. The van der Waals surface area contributed by atoms with Gasteiger partial charge in [-0.1, -0.05) is 18.2 Å². The van der Waals surface area contributed by atoms with Gasteiger partial charge in [0.2, 0.25) is 0 Å². The molecule has 0 unspecified atom stereocenters. The monoisotopic (exact) mass is 255 g/mol. The Kier molecular flexibility index (Phi) is 2.49. The van der Waals surface area contributed by atoms with Gasteiger partial charge in [-0.2, -0.15) is 5.10 Å². The van der Waals surface area contributed by atoms with Gasteiger partial charge in [-0.05, 0) is 11.6 Å². The smallest absolute Gasteiger partial charge is 0.323 e. The number of imidazole rings is 1. The highest BCUT2D eigenvalue weighted by Gasteiger charge is 2.08. The number of nitrogens with two attached hydrogens (primary N) is 1. The van der Waals surface area contributed by atoms with E-state index < -0.39 is 0 Å². The van der Waals surface area contributed by atoms with E-state index in [1.165, 1.54) is 0 Å². The van der Waals surface area contributed by atoms with Crippen molar-refractivity contribution in [1.29, 1.82) is 0 Å². The van der Waals surface area contributed by atoms with Crippen LogP contribution in [0.5, 0.6) is 0 Å². The second-order valence-electron chi connectivity index (χ2n) is 4.30. The van der Waals surface area contributed by atoms with Crippen molar-refractivity contribution in [2.45, 2.75) is 0 Å². The molecule has 3 rings (SSSR count). The number of aryl methyl sites for hydroxylation is 1. The lowest BCUT2D eigenvalue weighted by Crippen LogP contribution is -2.00. The molecule has 4 N–H and O–H groups in total. The van der Waals surface area contributed by atoms with Crippen LogP contribution in [0.15, 0.2) is 41.5 Å². The minimum atomic E-state index is -0.221. The summed E-state index contributed by atoms with van der Waals surface area (Å²) >= 11 is 0. The Hall–Kier alpha value is -2.76. The zero-order chi connectivity index (χ0) is 13.4. The average molecular weight is 255 g/mol. The quantitative estimate of drug-likeness (QED) is 0.645. The molecule has 6 nitrogen and oxygen atoms in total. The fourth-order valence-corrected chi connectivity index (χ4v) is 2.01. The van der Waals surface area contributed by atoms with Gasteiger partial charge in [-0.15, -0.1) is 0 Å². The van der Waals surface area contributed by atoms with E-state index in [1.54, 1.807) is 24.1 Å². The summed E-state index contributed by atoms with van der Waals surface area (Å²) in [4.78, 5) is 16.4. The number of hydrogen-bond acceptors (Lipinski definition) is 3. The molecule has 0 amide bonds. The second kappa shape index (κ2) is 4.16. The van der Waals surface area contributed by atoms with Gasteiger partial charge in [0, 0.05) is 24.4 Å². The molecule has 19 heavy (non-hydrogen) atoms. The number of rotatable bonds is 2. The number of nitrogens with one attached hydrogen (secondary N) is 2. The van der Waals surface area contributed by atoms with Gasteiger partial charge in [0.05, 0.1) is 11.9 Å². The van der Waals surface area contributed by atoms with E-state index >= 15 is 0 Å². The van der Waals surface area contributed by atoms with Crippen LogP contribution in [0, 0.1) is 0 Å². The third-order valence-electron chi connectivity index (χ3n) is 3.07. The van der Waals surface area contributed by atoms with Gasteiger partial charge < -0.3 is 15.7 Å². The molecule has 96 valence electrons. The van der Waals surface area contributed by atoms with Gasteiger partial charge in [0.25, 0.3) is 0 Å². The van der Waals surface area contributed by atoms with Crippen LogP contribution >= 0.6 is 0 Å².